The topological polar surface area (TPSA) is 58.6 Å². The minimum atomic E-state index is -0.377. The summed E-state index contributed by atoms with van der Waals surface area (Å²) in [4.78, 5) is 26.7. The Morgan fingerprint density at radius 1 is 1.10 bits per heavy atom. The number of nitrogens with one attached hydrogen (secondary N) is 1. The molecular formula is C26H30N2O3. The number of carbonyl (C=O) groups excluding carboxylic acids is 2. The Bertz CT molecular complexity index is 1000. The second-order valence-corrected chi connectivity index (χ2v) is 9.59. The average molecular weight is 419 g/mol. The zero-order valence-electron chi connectivity index (χ0n) is 18.3. The van der Waals surface area contributed by atoms with Gasteiger partial charge in [-0.2, -0.15) is 0 Å². The molecule has 0 saturated heterocycles. The van der Waals surface area contributed by atoms with Gasteiger partial charge in [-0.05, 0) is 73.3 Å². The smallest absolute Gasteiger partial charge is 0.411 e. The fourth-order valence-corrected chi connectivity index (χ4v) is 5.93. The van der Waals surface area contributed by atoms with Crippen LogP contribution in [0.4, 0.5) is 16.2 Å². The molecule has 2 aromatic carbocycles. The third-order valence-electron chi connectivity index (χ3n) is 7.69. The number of ether oxygens (including phenoxy) is 1. The Kier molecular flexibility index (Phi) is 4.99. The van der Waals surface area contributed by atoms with Crippen molar-refractivity contribution in [3.63, 3.8) is 0 Å². The largest absolute Gasteiger partial charge is 0.446 e. The summed E-state index contributed by atoms with van der Waals surface area (Å²) in [6, 6.07) is 16.2. The first-order chi connectivity index (χ1) is 14.9. The number of anilines is 2. The number of carbonyl (C=O) groups is 2. The van der Waals surface area contributed by atoms with E-state index in [1.165, 1.54) is 24.8 Å². The van der Waals surface area contributed by atoms with E-state index in [2.05, 4.69) is 24.4 Å². The van der Waals surface area contributed by atoms with Crippen molar-refractivity contribution < 1.29 is 14.3 Å². The zero-order valence-corrected chi connectivity index (χ0v) is 18.3. The van der Waals surface area contributed by atoms with Gasteiger partial charge in [0.25, 0.3) is 0 Å². The van der Waals surface area contributed by atoms with Crippen LogP contribution in [0.1, 0.15) is 57.1 Å². The molecule has 5 heteroatoms. The first-order valence-electron chi connectivity index (χ1n) is 11.4. The highest BCUT2D eigenvalue weighted by Crippen LogP contribution is 2.47. The standard InChI is InChI=1S/C26H30N2O3/c1-17(29)28-13-12-26(2,20-6-4-3-5-7-20)22-16-21(10-11-23(22)28)27-25(30)31-24-15-18-8-9-19(24)14-18/h3-7,10-11,16,18-19,24H,8-9,12-15H2,1-2H3,(H,27,30)/t18-,19+,24-,26?/m0/s1. The van der Waals surface area contributed by atoms with Gasteiger partial charge in [-0.25, -0.2) is 4.79 Å². The Morgan fingerprint density at radius 3 is 2.58 bits per heavy atom. The van der Waals surface area contributed by atoms with Gasteiger partial charge >= 0.3 is 6.09 Å². The van der Waals surface area contributed by atoms with Crippen molar-refractivity contribution in [2.24, 2.45) is 11.8 Å². The zero-order chi connectivity index (χ0) is 21.6. The maximum atomic E-state index is 12.6. The lowest BCUT2D eigenvalue weighted by Gasteiger charge is -2.41. The first-order valence-corrected chi connectivity index (χ1v) is 11.4. The van der Waals surface area contributed by atoms with Crippen molar-refractivity contribution in [3.8, 4) is 0 Å². The summed E-state index contributed by atoms with van der Waals surface area (Å²) < 4.78 is 5.77. The van der Waals surface area contributed by atoms with Gasteiger partial charge in [-0.15, -0.1) is 0 Å². The summed E-state index contributed by atoms with van der Waals surface area (Å²) in [5.74, 6) is 1.30. The number of hydrogen-bond acceptors (Lipinski definition) is 3. The van der Waals surface area contributed by atoms with Crippen LogP contribution in [0, 0.1) is 11.8 Å². The molecule has 4 atom stereocenters. The predicted molar refractivity (Wildman–Crippen MR) is 121 cm³/mol. The van der Waals surface area contributed by atoms with Crippen LogP contribution in [0.25, 0.3) is 0 Å². The van der Waals surface area contributed by atoms with E-state index in [0.717, 1.165) is 30.0 Å². The fourth-order valence-electron chi connectivity index (χ4n) is 5.93. The Hall–Kier alpha value is -2.82. The molecule has 2 aliphatic carbocycles. The van der Waals surface area contributed by atoms with Gasteiger partial charge in [0.15, 0.2) is 0 Å². The summed E-state index contributed by atoms with van der Waals surface area (Å²) in [6.45, 7) is 4.50. The van der Waals surface area contributed by atoms with E-state index in [1.807, 2.05) is 41.3 Å². The molecule has 5 nitrogen and oxygen atoms in total. The molecule has 0 aromatic heterocycles. The van der Waals surface area contributed by atoms with Crippen LogP contribution in [0.5, 0.6) is 0 Å². The quantitative estimate of drug-likeness (QED) is 0.717. The van der Waals surface area contributed by atoms with Crippen LogP contribution in [-0.2, 0) is 14.9 Å². The molecule has 2 bridgehead atoms. The third kappa shape index (κ3) is 3.60. The number of nitrogens with zero attached hydrogens (tertiary/aromatic N) is 1. The van der Waals surface area contributed by atoms with Crippen molar-refractivity contribution in [3.05, 3.63) is 59.7 Å². The number of fused-ring (bicyclic) bond motifs is 3. The van der Waals surface area contributed by atoms with E-state index >= 15 is 0 Å². The van der Waals surface area contributed by atoms with Crippen molar-refractivity contribution >= 4 is 23.4 Å². The second kappa shape index (κ2) is 7.70. The van der Waals surface area contributed by atoms with Crippen molar-refractivity contribution in [2.45, 2.75) is 57.5 Å². The average Bonchev–Trinajstić information content (AvgIpc) is 3.38. The van der Waals surface area contributed by atoms with Gasteiger partial charge in [0, 0.05) is 30.3 Å². The van der Waals surface area contributed by atoms with E-state index in [9.17, 15) is 9.59 Å². The Morgan fingerprint density at radius 2 is 1.90 bits per heavy atom. The molecule has 0 spiro atoms. The SMILES string of the molecule is CC(=O)N1CCC(C)(c2ccccc2)c2cc(NC(=O)O[C@H]3C[C@H]4CC[C@@H]3C4)ccc21. The van der Waals surface area contributed by atoms with Gasteiger partial charge in [0.1, 0.15) is 6.10 Å². The highest BCUT2D eigenvalue weighted by atomic mass is 16.6. The molecular weight excluding hydrogens is 388 g/mol. The number of benzene rings is 2. The molecule has 2 aromatic rings. The molecule has 3 aliphatic rings. The lowest BCUT2D eigenvalue weighted by molar-refractivity contribution is -0.116. The van der Waals surface area contributed by atoms with E-state index < -0.39 is 0 Å². The second-order valence-electron chi connectivity index (χ2n) is 9.59. The number of hydrogen-bond donors (Lipinski definition) is 1. The van der Waals surface area contributed by atoms with Crippen LogP contribution < -0.4 is 10.2 Å². The van der Waals surface area contributed by atoms with Gasteiger partial charge in [0.2, 0.25) is 5.91 Å². The van der Waals surface area contributed by atoms with Crippen molar-refractivity contribution in [2.75, 3.05) is 16.8 Å². The highest BCUT2D eigenvalue weighted by Gasteiger charge is 2.42. The monoisotopic (exact) mass is 418 g/mol. The molecule has 2 fully saturated rings. The van der Waals surface area contributed by atoms with Gasteiger partial charge in [0.05, 0.1) is 0 Å². The third-order valence-corrected chi connectivity index (χ3v) is 7.69. The van der Waals surface area contributed by atoms with E-state index in [1.54, 1.807) is 6.92 Å². The van der Waals surface area contributed by atoms with Crippen molar-refractivity contribution in [1.29, 1.82) is 0 Å². The van der Waals surface area contributed by atoms with Gasteiger partial charge < -0.3 is 9.64 Å². The summed E-state index contributed by atoms with van der Waals surface area (Å²) >= 11 is 0. The maximum absolute atomic E-state index is 12.6. The molecule has 1 aliphatic heterocycles. The lowest BCUT2D eigenvalue weighted by Crippen LogP contribution is -2.41. The highest BCUT2D eigenvalue weighted by molar-refractivity contribution is 5.94. The van der Waals surface area contributed by atoms with Crippen LogP contribution in [-0.4, -0.2) is 24.6 Å². The van der Waals surface area contributed by atoms with E-state index in [0.29, 0.717) is 18.2 Å². The van der Waals surface area contributed by atoms with Gasteiger partial charge in [-0.3, -0.25) is 10.1 Å². The minimum Gasteiger partial charge on any atom is -0.446 e. The molecule has 162 valence electrons. The van der Waals surface area contributed by atoms with Crippen LogP contribution >= 0.6 is 0 Å². The summed E-state index contributed by atoms with van der Waals surface area (Å²) in [5.41, 5.74) is 3.64. The van der Waals surface area contributed by atoms with Gasteiger partial charge in [-0.1, -0.05) is 37.3 Å². The lowest BCUT2D eigenvalue weighted by atomic mass is 9.71. The van der Waals surface area contributed by atoms with Crippen molar-refractivity contribution in [1.82, 2.24) is 0 Å². The maximum Gasteiger partial charge on any atom is 0.411 e. The molecule has 0 radical (unpaired) electrons. The Balaban J connectivity index is 1.42. The molecule has 1 unspecified atom stereocenters. The van der Waals surface area contributed by atoms with E-state index in [-0.39, 0.29) is 23.5 Å². The normalized spacial score (nSPS) is 28.8. The summed E-state index contributed by atoms with van der Waals surface area (Å²) in [5, 5.41) is 2.95. The van der Waals surface area contributed by atoms with Crippen LogP contribution in [0.3, 0.4) is 0 Å². The molecule has 31 heavy (non-hydrogen) atoms. The Labute approximate surface area is 183 Å². The molecule has 5 rings (SSSR count). The van der Waals surface area contributed by atoms with Crippen LogP contribution in [0.15, 0.2) is 48.5 Å². The molecule has 1 heterocycles. The fraction of sp³-hybridized carbons (Fsp3) is 0.462. The first kappa shape index (κ1) is 20.1. The van der Waals surface area contributed by atoms with Crippen LogP contribution in [0.2, 0.25) is 0 Å². The molecule has 2 amide bonds. The summed E-state index contributed by atoms with van der Waals surface area (Å²) in [7, 11) is 0. The predicted octanol–water partition coefficient (Wildman–Crippen LogP) is 5.49. The number of rotatable bonds is 3. The minimum absolute atomic E-state index is 0.0350. The molecule has 2 saturated carbocycles. The van der Waals surface area contributed by atoms with E-state index in [4.69, 9.17) is 4.74 Å². The summed E-state index contributed by atoms with van der Waals surface area (Å²) in [6.07, 6.45) is 5.16. The molecule has 1 N–H and O–H groups in total. The number of amides is 2.